The molecule has 0 heterocycles. The fourth-order valence-electron chi connectivity index (χ4n) is 2.01. The molecule has 0 aliphatic rings. The van der Waals surface area contributed by atoms with Crippen LogP contribution in [0.25, 0.3) is 0 Å². The van der Waals surface area contributed by atoms with E-state index in [-0.39, 0.29) is 10.9 Å². The molecule has 91 valence electrons. The summed E-state index contributed by atoms with van der Waals surface area (Å²) < 4.78 is 0. The van der Waals surface area contributed by atoms with Crippen LogP contribution in [-0.4, -0.2) is 0 Å². The third-order valence-electron chi connectivity index (χ3n) is 2.86. The van der Waals surface area contributed by atoms with Gasteiger partial charge < -0.3 is 0 Å². The van der Waals surface area contributed by atoms with E-state index in [1.807, 2.05) is 12.1 Å². The highest BCUT2D eigenvalue weighted by Crippen LogP contribution is 2.30. The van der Waals surface area contributed by atoms with Gasteiger partial charge >= 0.3 is 0 Å². The molecule has 0 saturated heterocycles. The first-order valence-electron chi connectivity index (χ1n) is 6.26. The molecule has 3 aromatic carbocycles. The van der Waals surface area contributed by atoms with Crippen LogP contribution in [0.2, 0.25) is 0 Å². The SMILES string of the molecule is [c]1ccccc1[S+](c1ccccc1)c1ccccc1. The quantitative estimate of drug-likeness (QED) is 0.606. The van der Waals surface area contributed by atoms with Crippen molar-refractivity contribution in [3.8, 4) is 0 Å². The van der Waals surface area contributed by atoms with Crippen LogP contribution in [0.15, 0.2) is 99.6 Å². The maximum atomic E-state index is 3.38. The van der Waals surface area contributed by atoms with E-state index in [1.165, 1.54) is 14.7 Å². The van der Waals surface area contributed by atoms with Crippen molar-refractivity contribution in [3.63, 3.8) is 0 Å². The topological polar surface area (TPSA) is 0 Å². The second kappa shape index (κ2) is 5.77. The van der Waals surface area contributed by atoms with Crippen LogP contribution in [0.4, 0.5) is 0 Å². The molecule has 19 heavy (non-hydrogen) atoms. The van der Waals surface area contributed by atoms with Crippen molar-refractivity contribution >= 4 is 10.9 Å². The minimum Gasteiger partial charge on any atom is -0.0619 e. The van der Waals surface area contributed by atoms with Crippen molar-refractivity contribution in [3.05, 3.63) is 91.0 Å². The number of benzene rings is 3. The Balaban J connectivity index is 2.12. The van der Waals surface area contributed by atoms with Gasteiger partial charge in [0.15, 0.2) is 14.7 Å². The normalized spacial score (nSPS) is 10.6. The van der Waals surface area contributed by atoms with Gasteiger partial charge in [-0.2, -0.15) is 0 Å². The second-order valence-electron chi connectivity index (χ2n) is 4.16. The van der Waals surface area contributed by atoms with E-state index in [0.717, 1.165) is 0 Å². The molecule has 3 rings (SSSR count). The Kier molecular flexibility index (Phi) is 3.66. The molecule has 0 spiro atoms. The predicted molar refractivity (Wildman–Crippen MR) is 80.3 cm³/mol. The lowest BCUT2D eigenvalue weighted by molar-refractivity contribution is 1.31. The lowest BCUT2D eigenvalue weighted by Gasteiger charge is -2.06. The summed E-state index contributed by atoms with van der Waals surface area (Å²) in [5.74, 6) is 0. The summed E-state index contributed by atoms with van der Waals surface area (Å²) in [7, 11) is -0.0702. The monoisotopic (exact) mass is 262 g/mol. The Labute approximate surface area is 117 Å². The zero-order valence-electron chi connectivity index (χ0n) is 10.5. The Bertz CT molecular complexity index is 524. The molecule has 0 aromatic heterocycles. The molecule has 0 amide bonds. The second-order valence-corrected chi connectivity index (χ2v) is 6.15. The van der Waals surface area contributed by atoms with Crippen LogP contribution in [0.1, 0.15) is 0 Å². The smallest absolute Gasteiger partial charge is 0.0619 e. The fourth-order valence-corrected chi connectivity index (χ4v) is 4.05. The molecule has 3 aromatic rings. The van der Waals surface area contributed by atoms with Crippen LogP contribution in [0.5, 0.6) is 0 Å². The summed E-state index contributed by atoms with van der Waals surface area (Å²) in [6.45, 7) is 0. The molecule has 1 radical (unpaired) electrons. The van der Waals surface area contributed by atoms with Crippen molar-refractivity contribution in [1.82, 2.24) is 0 Å². The van der Waals surface area contributed by atoms with Gasteiger partial charge in [0.1, 0.15) is 0 Å². The van der Waals surface area contributed by atoms with Crippen molar-refractivity contribution in [2.24, 2.45) is 0 Å². The van der Waals surface area contributed by atoms with E-state index in [1.54, 1.807) is 0 Å². The Morgan fingerprint density at radius 2 is 1.11 bits per heavy atom. The van der Waals surface area contributed by atoms with Crippen molar-refractivity contribution in [1.29, 1.82) is 0 Å². The minimum atomic E-state index is -0.0702. The Hall–Kier alpha value is -1.99. The van der Waals surface area contributed by atoms with E-state index in [0.29, 0.717) is 0 Å². The Morgan fingerprint density at radius 1 is 0.579 bits per heavy atom. The van der Waals surface area contributed by atoms with Crippen LogP contribution >= 0.6 is 0 Å². The summed E-state index contributed by atoms with van der Waals surface area (Å²) in [6, 6.07) is 32.9. The fraction of sp³-hybridized carbons (Fsp3) is 0. The number of hydrogen-bond donors (Lipinski definition) is 0. The average molecular weight is 262 g/mol. The van der Waals surface area contributed by atoms with Gasteiger partial charge in [-0.25, -0.2) is 0 Å². The minimum absolute atomic E-state index is 0.0702. The van der Waals surface area contributed by atoms with E-state index in [4.69, 9.17) is 0 Å². The highest BCUT2D eigenvalue weighted by molar-refractivity contribution is 7.97. The molecule has 0 bridgehead atoms. The van der Waals surface area contributed by atoms with E-state index < -0.39 is 0 Å². The van der Waals surface area contributed by atoms with Crippen molar-refractivity contribution in [2.45, 2.75) is 14.7 Å². The molecule has 0 unspecified atom stereocenters. The molecule has 0 aliphatic carbocycles. The van der Waals surface area contributed by atoms with Crippen LogP contribution in [0, 0.1) is 6.07 Å². The molecule has 0 aliphatic heterocycles. The van der Waals surface area contributed by atoms with E-state index in [2.05, 4.69) is 78.9 Å². The summed E-state index contributed by atoms with van der Waals surface area (Å²) >= 11 is 0. The van der Waals surface area contributed by atoms with Gasteiger partial charge in [-0.15, -0.1) is 0 Å². The molecule has 0 saturated carbocycles. The van der Waals surface area contributed by atoms with Gasteiger partial charge in [0.05, 0.1) is 10.9 Å². The lowest BCUT2D eigenvalue weighted by atomic mass is 10.4. The van der Waals surface area contributed by atoms with Crippen molar-refractivity contribution < 1.29 is 0 Å². The first-order chi connectivity index (χ1) is 9.45. The average Bonchev–Trinajstić information content (AvgIpc) is 2.51. The van der Waals surface area contributed by atoms with Gasteiger partial charge in [0.25, 0.3) is 0 Å². The standard InChI is InChI=1S/C18H14S/c1-4-10-16(11-5-1)19(17-12-6-2-7-13-17)18-14-8-3-9-15-18/h1-14H/q+1. The van der Waals surface area contributed by atoms with Crippen molar-refractivity contribution in [2.75, 3.05) is 0 Å². The summed E-state index contributed by atoms with van der Waals surface area (Å²) in [6.07, 6.45) is 0. The first kappa shape index (κ1) is 12.1. The summed E-state index contributed by atoms with van der Waals surface area (Å²) in [5, 5.41) is 0. The summed E-state index contributed by atoms with van der Waals surface area (Å²) in [5.41, 5.74) is 0. The zero-order valence-corrected chi connectivity index (χ0v) is 11.3. The molecule has 0 fully saturated rings. The molecule has 1 heteroatoms. The highest BCUT2D eigenvalue weighted by atomic mass is 32.2. The molecule has 0 atom stereocenters. The first-order valence-corrected chi connectivity index (χ1v) is 7.49. The maximum Gasteiger partial charge on any atom is 0.174 e. The van der Waals surface area contributed by atoms with Gasteiger partial charge in [0.2, 0.25) is 0 Å². The van der Waals surface area contributed by atoms with Gasteiger partial charge in [-0.3, -0.25) is 0 Å². The number of rotatable bonds is 3. The maximum absolute atomic E-state index is 3.38. The molecular weight excluding hydrogens is 248 g/mol. The largest absolute Gasteiger partial charge is 0.174 e. The van der Waals surface area contributed by atoms with Gasteiger partial charge in [-0.05, 0) is 36.4 Å². The van der Waals surface area contributed by atoms with Gasteiger partial charge in [-0.1, -0.05) is 48.5 Å². The van der Waals surface area contributed by atoms with Crippen LogP contribution in [0.3, 0.4) is 0 Å². The third-order valence-corrected chi connectivity index (χ3v) is 5.04. The lowest BCUT2D eigenvalue weighted by Crippen LogP contribution is -2.04. The van der Waals surface area contributed by atoms with E-state index in [9.17, 15) is 0 Å². The van der Waals surface area contributed by atoms with E-state index >= 15 is 0 Å². The molecule has 0 nitrogen and oxygen atoms in total. The zero-order chi connectivity index (χ0) is 12.9. The third kappa shape index (κ3) is 2.72. The summed E-state index contributed by atoms with van der Waals surface area (Å²) in [4.78, 5) is 3.90. The highest BCUT2D eigenvalue weighted by Gasteiger charge is 2.27. The number of hydrogen-bond acceptors (Lipinski definition) is 0. The van der Waals surface area contributed by atoms with Crippen LogP contribution in [-0.2, 0) is 10.9 Å². The predicted octanol–water partition coefficient (Wildman–Crippen LogP) is 4.58. The van der Waals surface area contributed by atoms with Crippen LogP contribution < -0.4 is 0 Å². The van der Waals surface area contributed by atoms with Gasteiger partial charge in [0, 0.05) is 6.07 Å². The molecule has 0 N–H and O–H groups in total. The Morgan fingerprint density at radius 3 is 1.58 bits per heavy atom. The molecular formula is C18H14S+.